The number of amides is 1. The van der Waals surface area contributed by atoms with Crippen molar-refractivity contribution >= 4 is 15.9 Å². The molecule has 0 atom stereocenters. The SMILES string of the molecule is CNC(=O)c1ccc(CN(C)Cn2cc(S(=O)(=O)N3CCCC3)ccc2=O)cc1. The monoisotopic (exact) mass is 418 g/mol. The minimum atomic E-state index is -3.57. The van der Waals surface area contributed by atoms with E-state index in [1.807, 2.05) is 24.1 Å². The minimum absolute atomic E-state index is 0.141. The van der Waals surface area contributed by atoms with Crippen molar-refractivity contribution in [2.24, 2.45) is 0 Å². The molecule has 1 aliphatic heterocycles. The number of aromatic nitrogens is 1. The summed E-state index contributed by atoms with van der Waals surface area (Å²) in [6.45, 7) is 1.84. The lowest BCUT2D eigenvalue weighted by Crippen LogP contribution is -2.32. The zero-order valence-electron chi connectivity index (χ0n) is 16.7. The Balaban J connectivity index is 1.72. The molecule has 1 N–H and O–H groups in total. The maximum absolute atomic E-state index is 12.8. The number of benzene rings is 1. The number of carbonyl (C=O) groups is 1. The number of nitrogens with one attached hydrogen (secondary N) is 1. The summed E-state index contributed by atoms with van der Waals surface area (Å²) in [6, 6.07) is 9.89. The zero-order valence-corrected chi connectivity index (χ0v) is 17.5. The van der Waals surface area contributed by atoms with E-state index in [2.05, 4.69) is 5.32 Å². The fourth-order valence-corrected chi connectivity index (χ4v) is 4.92. The molecule has 1 saturated heterocycles. The number of carbonyl (C=O) groups excluding carboxylic acids is 1. The fourth-order valence-electron chi connectivity index (χ4n) is 3.38. The summed E-state index contributed by atoms with van der Waals surface area (Å²) < 4.78 is 28.4. The molecule has 2 aromatic rings. The van der Waals surface area contributed by atoms with Crippen LogP contribution in [0.1, 0.15) is 28.8 Å². The van der Waals surface area contributed by atoms with Gasteiger partial charge in [0.25, 0.3) is 11.5 Å². The second kappa shape index (κ2) is 8.89. The van der Waals surface area contributed by atoms with Crippen LogP contribution in [0, 0.1) is 0 Å². The summed E-state index contributed by atoms with van der Waals surface area (Å²) in [5.41, 5.74) is 1.30. The second-order valence-electron chi connectivity index (χ2n) is 7.22. The van der Waals surface area contributed by atoms with Crippen LogP contribution >= 0.6 is 0 Å². The van der Waals surface area contributed by atoms with Crippen LogP contribution in [0.3, 0.4) is 0 Å². The first-order valence-electron chi connectivity index (χ1n) is 9.51. The van der Waals surface area contributed by atoms with Gasteiger partial charge >= 0.3 is 0 Å². The average molecular weight is 419 g/mol. The fraction of sp³-hybridized carbons (Fsp3) is 0.400. The third-order valence-electron chi connectivity index (χ3n) is 4.95. The molecule has 3 rings (SSSR count). The Bertz CT molecular complexity index is 1030. The molecule has 0 spiro atoms. The van der Waals surface area contributed by atoms with Crippen molar-refractivity contribution in [2.45, 2.75) is 31.0 Å². The quantitative estimate of drug-likeness (QED) is 0.727. The van der Waals surface area contributed by atoms with Gasteiger partial charge in [0.1, 0.15) is 0 Å². The highest BCUT2D eigenvalue weighted by Gasteiger charge is 2.27. The van der Waals surface area contributed by atoms with E-state index >= 15 is 0 Å². The van der Waals surface area contributed by atoms with E-state index in [0.717, 1.165) is 18.4 Å². The number of nitrogens with zero attached hydrogens (tertiary/aromatic N) is 3. The maximum atomic E-state index is 12.8. The molecular weight excluding hydrogens is 392 g/mol. The molecule has 0 radical (unpaired) electrons. The number of hydrogen-bond donors (Lipinski definition) is 1. The van der Waals surface area contributed by atoms with Gasteiger partial charge in [0.05, 0.1) is 11.6 Å². The summed E-state index contributed by atoms with van der Waals surface area (Å²) in [4.78, 5) is 25.9. The lowest BCUT2D eigenvalue weighted by atomic mass is 10.1. The van der Waals surface area contributed by atoms with Gasteiger partial charge in [-0.25, -0.2) is 8.42 Å². The summed E-state index contributed by atoms with van der Waals surface area (Å²) in [6.07, 6.45) is 3.14. The first-order valence-corrected chi connectivity index (χ1v) is 11.0. The van der Waals surface area contributed by atoms with E-state index < -0.39 is 10.0 Å². The predicted octanol–water partition coefficient (Wildman–Crippen LogP) is 1.08. The third-order valence-corrected chi connectivity index (χ3v) is 6.83. The number of sulfonamides is 1. The molecule has 2 heterocycles. The van der Waals surface area contributed by atoms with Gasteiger partial charge in [0.15, 0.2) is 0 Å². The van der Waals surface area contributed by atoms with E-state index in [0.29, 0.717) is 25.2 Å². The maximum Gasteiger partial charge on any atom is 0.251 e. The predicted molar refractivity (Wildman–Crippen MR) is 110 cm³/mol. The lowest BCUT2D eigenvalue weighted by molar-refractivity contribution is 0.0963. The van der Waals surface area contributed by atoms with Gasteiger partial charge in [-0.05, 0) is 43.7 Å². The van der Waals surface area contributed by atoms with Crippen LogP contribution in [-0.4, -0.2) is 55.3 Å². The first-order chi connectivity index (χ1) is 13.8. The highest BCUT2D eigenvalue weighted by molar-refractivity contribution is 7.89. The minimum Gasteiger partial charge on any atom is -0.355 e. The van der Waals surface area contributed by atoms with Gasteiger partial charge in [-0.2, -0.15) is 4.31 Å². The molecule has 29 heavy (non-hydrogen) atoms. The molecule has 156 valence electrons. The van der Waals surface area contributed by atoms with Crippen LogP contribution < -0.4 is 10.9 Å². The Morgan fingerprint density at radius 1 is 1.10 bits per heavy atom. The highest BCUT2D eigenvalue weighted by Crippen LogP contribution is 2.19. The van der Waals surface area contributed by atoms with E-state index in [-0.39, 0.29) is 23.0 Å². The molecule has 9 heteroatoms. The molecule has 0 saturated carbocycles. The van der Waals surface area contributed by atoms with Crippen molar-refractivity contribution in [3.63, 3.8) is 0 Å². The normalized spacial score (nSPS) is 15.0. The number of hydrogen-bond acceptors (Lipinski definition) is 5. The Labute approximate surface area is 170 Å². The summed E-state index contributed by atoms with van der Waals surface area (Å²) in [5.74, 6) is -0.146. The van der Waals surface area contributed by atoms with Crippen LogP contribution in [0.2, 0.25) is 0 Å². The molecule has 0 unspecified atom stereocenters. The first kappa shape index (κ1) is 21.2. The Hall–Kier alpha value is -2.49. The molecular formula is C20H26N4O4S. The van der Waals surface area contributed by atoms with Crippen LogP contribution in [0.5, 0.6) is 0 Å². The summed E-state index contributed by atoms with van der Waals surface area (Å²) in [7, 11) is -0.140. The smallest absolute Gasteiger partial charge is 0.251 e. The molecule has 1 aromatic carbocycles. The molecule has 1 aliphatic rings. The molecule has 1 amide bonds. The van der Waals surface area contributed by atoms with Crippen molar-refractivity contribution < 1.29 is 13.2 Å². The lowest BCUT2D eigenvalue weighted by Gasteiger charge is -2.20. The number of pyridine rings is 1. The van der Waals surface area contributed by atoms with Gasteiger partial charge in [0, 0.05) is 44.5 Å². The van der Waals surface area contributed by atoms with Gasteiger partial charge in [0.2, 0.25) is 10.0 Å². The van der Waals surface area contributed by atoms with Crippen molar-refractivity contribution in [3.8, 4) is 0 Å². The van der Waals surface area contributed by atoms with E-state index in [4.69, 9.17) is 0 Å². The van der Waals surface area contributed by atoms with Gasteiger partial charge < -0.3 is 9.88 Å². The van der Waals surface area contributed by atoms with Crippen LogP contribution in [0.4, 0.5) is 0 Å². The molecule has 1 fully saturated rings. The molecule has 0 bridgehead atoms. The van der Waals surface area contributed by atoms with E-state index in [9.17, 15) is 18.0 Å². The van der Waals surface area contributed by atoms with Crippen LogP contribution in [-0.2, 0) is 23.2 Å². The van der Waals surface area contributed by atoms with Crippen molar-refractivity contribution in [2.75, 3.05) is 27.2 Å². The van der Waals surface area contributed by atoms with Gasteiger partial charge in [-0.3, -0.25) is 14.5 Å². The van der Waals surface area contributed by atoms with E-state index in [1.165, 1.54) is 27.2 Å². The topological polar surface area (TPSA) is 91.7 Å². The molecule has 0 aliphatic carbocycles. The van der Waals surface area contributed by atoms with Gasteiger partial charge in [-0.15, -0.1) is 0 Å². The van der Waals surface area contributed by atoms with Crippen molar-refractivity contribution in [1.29, 1.82) is 0 Å². The third kappa shape index (κ3) is 4.92. The van der Waals surface area contributed by atoms with E-state index in [1.54, 1.807) is 19.2 Å². The Morgan fingerprint density at radius 3 is 2.38 bits per heavy atom. The molecule has 1 aromatic heterocycles. The Morgan fingerprint density at radius 2 is 1.76 bits per heavy atom. The van der Waals surface area contributed by atoms with Crippen molar-refractivity contribution in [1.82, 2.24) is 19.1 Å². The largest absolute Gasteiger partial charge is 0.355 e. The van der Waals surface area contributed by atoms with Crippen LogP contribution in [0.25, 0.3) is 0 Å². The summed E-state index contributed by atoms with van der Waals surface area (Å²) in [5, 5.41) is 2.58. The zero-order chi connectivity index (χ0) is 21.0. The standard InChI is InChI=1S/C20H26N4O4S/c1-21-20(26)17-7-5-16(6-8-17)13-22(2)15-23-14-18(9-10-19(23)25)29(27,28)24-11-3-4-12-24/h5-10,14H,3-4,11-13,15H2,1-2H3,(H,21,26). The van der Waals surface area contributed by atoms with Crippen molar-refractivity contribution in [3.05, 3.63) is 64.1 Å². The Kier molecular flexibility index (Phi) is 6.51. The van der Waals surface area contributed by atoms with Crippen LogP contribution in [0.15, 0.2) is 52.3 Å². The average Bonchev–Trinajstić information content (AvgIpc) is 3.25. The summed E-state index contributed by atoms with van der Waals surface area (Å²) >= 11 is 0. The highest BCUT2D eigenvalue weighted by atomic mass is 32.2. The second-order valence-corrected chi connectivity index (χ2v) is 9.15. The number of rotatable bonds is 7. The molecule has 8 nitrogen and oxygen atoms in total. The van der Waals surface area contributed by atoms with Gasteiger partial charge in [-0.1, -0.05) is 12.1 Å².